The zero-order valence-electron chi connectivity index (χ0n) is 9.66. The molecule has 2 unspecified atom stereocenters. The molecular weight excluding hydrogens is 256 g/mol. The molecule has 2 atom stereocenters. The van der Waals surface area contributed by atoms with Crippen molar-refractivity contribution in [2.24, 2.45) is 16.6 Å². The molecule has 18 heavy (non-hydrogen) atoms. The number of fused-ring (bicyclic) bond motifs is 1. The molecule has 0 radical (unpaired) electrons. The number of carboxylic acid groups (broad SMARTS) is 1. The topological polar surface area (TPSA) is 92.8 Å². The molecular formula is C12H13ClN2O3. The molecule has 0 aromatic rings. The Labute approximate surface area is 110 Å². The Morgan fingerprint density at radius 1 is 1.50 bits per heavy atom. The minimum atomic E-state index is -1.57. The van der Waals surface area contributed by atoms with E-state index in [1.807, 2.05) is 0 Å². The lowest BCUT2D eigenvalue weighted by Gasteiger charge is -2.31. The first kappa shape index (κ1) is 14.3. The second kappa shape index (κ2) is 4.88. The summed E-state index contributed by atoms with van der Waals surface area (Å²) in [7, 11) is 0. The Morgan fingerprint density at radius 3 is 2.78 bits per heavy atom. The number of dihydropyridines is 1. The van der Waals surface area contributed by atoms with E-state index in [1.165, 1.54) is 13.0 Å². The Hall–Kier alpha value is -1.72. The number of carboxylic acids is 1. The molecule has 6 heteroatoms. The number of carbonyl (C=O) groups is 2. The van der Waals surface area contributed by atoms with Crippen LogP contribution in [0.1, 0.15) is 6.92 Å². The number of hydrogen-bond acceptors (Lipinski definition) is 3. The quantitative estimate of drug-likeness (QED) is 0.777. The number of nitrogens with two attached hydrogens (primary N) is 1. The van der Waals surface area contributed by atoms with Gasteiger partial charge in [0.05, 0.1) is 5.71 Å². The first-order valence-electron chi connectivity index (χ1n) is 5.14. The van der Waals surface area contributed by atoms with Crippen LogP contribution in [0.2, 0.25) is 0 Å². The number of nitrogens with zero attached hydrogens (tertiary/aromatic N) is 1. The molecule has 0 fully saturated rings. The summed E-state index contributed by atoms with van der Waals surface area (Å²) in [5.74, 6) is -1.96. The van der Waals surface area contributed by atoms with Crippen molar-refractivity contribution < 1.29 is 14.7 Å². The SMILES string of the molecule is CC(N)(C(=O)O)C1=CC(=O)N=C2C=CC=CC12.Cl. The minimum absolute atomic E-state index is 0. The molecule has 0 aromatic heterocycles. The van der Waals surface area contributed by atoms with E-state index in [-0.39, 0.29) is 18.3 Å². The highest BCUT2D eigenvalue weighted by Gasteiger charge is 2.39. The van der Waals surface area contributed by atoms with E-state index in [2.05, 4.69) is 4.99 Å². The van der Waals surface area contributed by atoms with Gasteiger partial charge in [-0.3, -0.25) is 4.79 Å². The lowest BCUT2D eigenvalue weighted by molar-refractivity contribution is -0.141. The average Bonchev–Trinajstić information content (AvgIpc) is 2.27. The normalized spacial score (nSPS) is 24.3. The van der Waals surface area contributed by atoms with Crippen molar-refractivity contribution >= 4 is 30.0 Å². The van der Waals surface area contributed by atoms with Crippen molar-refractivity contribution in [1.29, 1.82) is 0 Å². The van der Waals surface area contributed by atoms with E-state index in [0.717, 1.165) is 0 Å². The lowest BCUT2D eigenvalue weighted by Crippen LogP contribution is -2.50. The molecule has 3 N–H and O–H groups in total. The van der Waals surface area contributed by atoms with Crippen LogP contribution in [0, 0.1) is 5.92 Å². The summed E-state index contributed by atoms with van der Waals surface area (Å²) >= 11 is 0. The van der Waals surface area contributed by atoms with E-state index in [0.29, 0.717) is 11.3 Å². The van der Waals surface area contributed by atoms with Crippen LogP contribution in [0.4, 0.5) is 0 Å². The van der Waals surface area contributed by atoms with Gasteiger partial charge in [-0.1, -0.05) is 18.2 Å². The summed E-state index contributed by atoms with van der Waals surface area (Å²) < 4.78 is 0. The fraction of sp³-hybridized carbons (Fsp3) is 0.250. The fourth-order valence-electron chi connectivity index (χ4n) is 1.88. The standard InChI is InChI=1S/C12H12N2O3.ClH/c1-12(13,11(16)17)8-6-10(15)14-9-5-3-2-4-7(8)9;/h2-7H,13H2,1H3,(H,16,17);1H. The summed E-state index contributed by atoms with van der Waals surface area (Å²) in [5, 5.41) is 9.11. The lowest BCUT2D eigenvalue weighted by atomic mass is 9.78. The van der Waals surface area contributed by atoms with Crippen LogP contribution in [-0.4, -0.2) is 28.2 Å². The van der Waals surface area contributed by atoms with Crippen LogP contribution in [-0.2, 0) is 9.59 Å². The largest absolute Gasteiger partial charge is 0.480 e. The monoisotopic (exact) mass is 268 g/mol. The van der Waals surface area contributed by atoms with E-state index in [4.69, 9.17) is 10.8 Å². The van der Waals surface area contributed by atoms with Crippen LogP contribution < -0.4 is 5.73 Å². The first-order valence-corrected chi connectivity index (χ1v) is 5.14. The molecule has 0 aromatic carbocycles. The maximum atomic E-state index is 11.4. The van der Waals surface area contributed by atoms with E-state index < -0.39 is 17.4 Å². The fourth-order valence-corrected chi connectivity index (χ4v) is 1.88. The highest BCUT2D eigenvalue weighted by molar-refractivity contribution is 6.13. The molecule has 1 amide bonds. The number of allylic oxidation sites excluding steroid dienone is 4. The highest BCUT2D eigenvalue weighted by Crippen LogP contribution is 2.30. The molecule has 1 aliphatic heterocycles. The number of carbonyl (C=O) groups excluding carboxylic acids is 1. The molecule has 1 aliphatic carbocycles. The molecule has 0 saturated heterocycles. The van der Waals surface area contributed by atoms with Gasteiger partial charge in [-0.25, -0.2) is 9.79 Å². The molecule has 96 valence electrons. The Morgan fingerprint density at radius 2 is 2.17 bits per heavy atom. The third kappa shape index (κ3) is 2.27. The van der Waals surface area contributed by atoms with E-state index in [9.17, 15) is 9.59 Å². The summed E-state index contributed by atoms with van der Waals surface area (Å²) in [5.41, 5.74) is 5.09. The van der Waals surface area contributed by atoms with Crippen LogP contribution in [0.5, 0.6) is 0 Å². The van der Waals surface area contributed by atoms with Gasteiger partial charge in [-0.05, 0) is 18.6 Å². The van der Waals surface area contributed by atoms with Crippen LogP contribution in [0.15, 0.2) is 40.9 Å². The second-order valence-electron chi connectivity index (χ2n) is 4.20. The van der Waals surface area contributed by atoms with Crippen molar-refractivity contribution in [1.82, 2.24) is 0 Å². The third-order valence-corrected chi connectivity index (χ3v) is 2.90. The van der Waals surface area contributed by atoms with Crippen molar-refractivity contribution in [3.05, 3.63) is 36.0 Å². The third-order valence-electron chi connectivity index (χ3n) is 2.90. The summed E-state index contributed by atoms with van der Waals surface area (Å²) in [6.45, 7) is 1.38. The number of hydrogen-bond donors (Lipinski definition) is 2. The highest BCUT2D eigenvalue weighted by atomic mass is 35.5. The summed E-state index contributed by atoms with van der Waals surface area (Å²) in [6, 6.07) is 0. The molecule has 0 bridgehead atoms. The molecule has 0 saturated carbocycles. The van der Waals surface area contributed by atoms with Gasteiger partial charge < -0.3 is 10.8 Å². The zero-order valence-corrected chi connectivity index (χ0v) is 10.5. The number of amides is 1. The van der Waals surface area contributed by atoms with Crippen LogP contribution >= 0.6 is 12.4 Å². The van der Waals surface area contributed by atoms with Crippen molar-refractivity contribution in [2.45, 2.75) is 12.5 Å². The molecule has 5 nitrogen and oxygen atoms in total. The van der Waals surface area contributed by atoms with Gasteiger partial charge in [0.25, 0.3) is 5.91 Å². The van der Waals surface area contributed by atoms with Crippen LogP contribution in [0.3, 0.4) is 0 Å². The molecule has 0 spiro atoms. The number of rotatable bonds is 2. The molecule has 1 heterocycles. The van der Waals surface area contributed by atoms with Gasteiger partial charge >= 0.3 is 5.97 Å². The predicted octanol–water partition coefficient (Wildman–Crippen LogP) is 0.860. The van der Waals surface area contributed by atoms with Gasteiger partial charge in [-0.15, -0.1) is 12.4 Å². The number of halogens is 1. The number of aliphatic imine (C=N–C) groups is 1. The van der Waals surface area contributed by atoms with Gasteiger partial charge in [0, 0.05) is 12.0 Å². The van der Waals surface area contributed by atoms with E-state index >= 15 is 0 Å². The predicted molar refractivity (Wildman–Crippen MR) is 69.8 cm³/mol. The minimum Gasteiger partial charge on any atom is -0.480 e. The van der Waals surface area contributed by atoms with Gasteiger partial charge in [0.1, 0.15) is 5.54 Å². The molecule has 2 rings (SSSR count). The van der Waals surface area contributed by atoms with Crippen molar-refractivity contribution in [3.8, 4) is 0 Å². The van der Waals surface area contributed by atoms with Crippen molar-refractivity contribution in [3.63, 3.8) is 0 Å². The first-order chi connectivity index (χ1) is 7.93. The number of aliphatic carboxylic acids is 1. The molecule has 2 aliphatic rings. The van der Waals surface area contributed by atoms with Gasteiger partial charge in [0.15, 0.2) is 0 Å². The smallest absolute Gasteiger partial charge is 0.327 e. The summed E-state index contributed by atoms with van der Waals surface area (Å²) in [4.78, 5) is 26.4. The Balaban J connectivity index is 0.00000162. The Kier molecular flexibility index (Phi) is 3.88. The maximum Gasteiger partial charge on any atom is 0.327 e. The van der Waals surface area contributed by atoms with Crippen molar-refractivity contribution in [2.75, 3.05) is 0 Å². The second-order valence-corrected chi connectivity index (χ2v) is 4.20. The maximum absolute atomic E-state index is 11.4. The van der Waals surface area contributed by atoms with E-state index in [1.54, 1.807) is 24.3 Å². The van der Waals surface area contributed by atoms with Gasteiger partial charge in [-0.2, -0.15) is 0 Å². The summed E-state index contributed by atoms with van der Waals surface area (Å²) in [6.07, 6.45) is 8.22. The zero-order chi connectivity index (χ0) is 12.6. The van der Waals surface area contributed by atoms with Gasteiger partial charge in [0.2, 0.25) is 0 Å². The Bertz CT molecular complexity index is 515. The average molecular weight is 269 g/mol. The van der Waals surface area contributed by atoms with Crippen LogP contribution in [0.25, 0.3) is 0 Å².